The van der Waals surface area contributed by atoms with Gasteiger partial charge in [0.15, 0.2) is 5.12 Å². The lowest BCUT2D eigenvalue weighted by molar-refractivity contribution is -0.151. The van der Waals surface area contributed by atoms with Crippen LogP contribution in [0, 0.1) is 21.3 Å². The van der Waals surface area contributed by atoms with Gasteiger partial charge in [-0.25, -0.2) is 25.4 Å². The number of esters is 2. The molecule has 6 aliphatic rings. The number of nitrogens with one attached hydrogen (secondary N) is 1. The van der Waals surface area contributed by atoms with Gasteiger partial charge in [-0.15, -0.1) is 0 Å². The molecule has 0 atom stereocenters. The number of hydrogen-bond donors (Lipinski definition) is 2. The average Bonchev–Trinajstić information content (AvgIpc) is 3.24. The van der Waals surface area contributed by atoms with E-state index < -0.39 is 26.0 Å². The van der Waals surface area contributed by atoms with Crippen LogP contribution in [0.1, 0.15) is 127 Å². The van der Waals surface area contributed by atoms with Crippen LogP contribution in [-0.2, 0) is 61.9 Å². The van der Waals surface area contributed by atoms with Crippen LogP contribution >= 0.6 is 32.8 Å². The number of alkyl halides is 1. The minimum atomic E-state index is -3.15. The Morgan fingerprint density at radius 3 is 1.28 bits per heavy atom. The van der Waals surface area contributed by atoms with Crippen molar-refractivity contribution < 1.29 is 50.6 Å². The van der Waals surface area contributed by atoms with Crippen molar-refractivity contribution in [1.29, 1.82) is 3.56 Å². The van der Waals surface area contributed by atoms with Crippen molar-refractivity contribution in [2.24, 2.45) is 17.8 Å². The number of hydrogen-bond acceptors (Lipinski definition) is 12. The number of sulfonamides is 2. The maximum Gasteiger partial charge on any atom is 0.309 e. The SMILES string of the molecule is CC(=O)SC1CCC(C(=O)OCc2ccccc2)CC1.N=IC1CCC1.O=C(O)C1CCC(S(=O)(=O)N2CCC2)CC1.O=C(OCc1ccccc1)C1CCC(S(=O)(=O)N2CCC2)CC1. The van der Waals surface area contributed by atoms with Crippen molar-refractivity contribution in [3.8, 4) is 0 Å². The van der Waals surface area contributed by atoms with Crippen LogP contribution in [0.2, 0.25) is 0 Å². The van der Waals surface area contributed by atoms with Gasteiger partial charge in [0, 0.05) is 42.3 Å². The van der Waals surface area contributed by atoms with Gasteiger partial charge in [0.25, 0.3) is 0 Å². The van der Waals surface area contributed by atoms with E-state index in [1.54, 1.807) is 11.2 Å². The highest BCUT2D eigenvalue weighted by Gasteiger charge is 2.40. The minimum absolute atomic E-state index is 0.00233. The Kier molecular flexibility index (Phi) is 21.8. The molecule has 2 saturated heterocycles. The lowest BCUT2D eigenvalue weighted by Gasteiger charge is -2.36. The molecular weight excluding hydrogens is 1010 g/mol. The number of carbonyl (C=O) groups excluding carboxylic acids is 3. The second-order valence-corrected chi connectivity index (χ2v) is 26.1. The summed E-state index contributed by atoms with van der Waals surface area (Å²) in [4.78, 5) is 46.0. The molecule has 0 unspecified atom stereocenters. The van der Waals surface area contributed by atoms with Crippen LogP contribution in [0.3, 0.4) is 0 Å². The van der Waals surface area contributed by atoms with Gasteiger partial charge < -0.3 is 14.6 Å². The molecule has 2 aromatic carbocycles. The van der Waals surface area contributed by atoms with Crippen molar-refractivity contribution in [3.63, 3.8) is 0 Å². The Morgan fingerprint density at radius 2 is 0.985 bits per heavy atom. The molecule has 6 fully saturated rings. The summed E-state index contributed by atoms with van der Waals surface area (Å²) in [6.45, 7) is 4.82. The first-order chi connectivity index (χ1) is 31.2. The topological polar surface area (TPSA) is 206 Å². The average molecular weight is 1070 g/mol. The third-order valence-corrected chi connectivity index (χ3v) is 21.3. The molecule has 2 heterocycles. The first kappa shape index (κ1) is 53.2. The quantitative estimate of drug-likeness (QED) is 0.110. The lowest BCUT2D eigenvalue weighted by atomic mass is 9.89. The molecule has 0 aromatic heterocycles. The fourth-order valence-electron chi connectivity index (χ4n) is 8.52. The number of aliphatic carboxylic acids is 1. The normalized spacial score (nSPS) is 25.9. The van der Waals surface area contributed by atoms with E-state index in [1.165, 1.54) is 35.3 Å². The number of nitrogens with zero attached hydrogens (tertiary/aromatic N) is 2. The van der Waals surface area contributed by atoms with Crippen LogP contribution in [0.4, 0.5) is 0 Å². The van der Waals surface area contributed by atoms with Gasteiger partial charge in [0.05, 0.1) is 28.3 Å². The third-order valence-electron chi connectivity index (χ3n) is 13.2. The van der Waals surface area contributed by atoms with Gasteiger partial charge in [-0.05, 0) is 135 Å². The van der Waals surface area contributed by atoms with Crippen molar-refractivity contribution in [1.82, 2.24) is 8.61 Å². The standard InChI is InChI=1S/C17H23NO4S.C16H20O3S.C10H17NO4S.C4H8IN/c19-17(22-13-14-5-2-1-3-6-14)15-7-9-16(10-8-15)23(20,21)18-11-4-12-18;1-12(17)20-15-9-7-14(8-10-15)16(18)19-11-13-5-3-2-4-6-13;12-10(13)8-2-4-9(5-3-8)16(14,15)11-6-1-7-11;6-5-4-2-1-3-4/h1-3,5-6,15-16H,4,7-13H2;2-6,14-15H,7-11H2,1H3;8-9H,1-7H2,(H,12,13);4,6H,1-3H2. The Morgan fingerprint density at radius 1 is 0.600 bits per heavy atom. The number of benzene rings is 2. The fraction of sp³-hybridized carbons (Fsp3) is 0.660. The highest BCUT2D eigenvalue weighted by Crippen LogP contribution is 2.35. The molecule has 2 aliphatic heterocycles. The second kappa shape index (κ2) is 26.7. The highest BCUT2D eigenvalue weighted by molar-refractivity contribution is 14.1. The summed E-state index contributed by atoms with van der Waals surface area (Å²) < 4.78 is 70.5. The number of carbonyl (C=O) groups is 4. The zero-order chi connectivity index (χ0) is 46.8. The van der Waals surface area contributed by atoms with E-state index in [0.29, 0.717) is 89.4 Å². The van der Waals surface area contributed by atoms with Gasteiger partial charge in [-0.1, -0.05) is 78.8 Å². The third kappa shape index (κ3) is 16.7. The largest absolute Gasteiger partial charge is 0.481 e. The Bertz CT molecular complexity index is 2040. The van der Waals surface area contributed by atoms with Crippen molar-refractivity contribution >= 4 is 75.9 Å². The summed E-state index contributed by atoms with van der Waals surface area (Å²) in [5.41, 5.74) is 1.98. The van der Waals surface area contributed by atoms with Gasteiger partial charge in [0.2, 0.25) is 20.0 Å². The molecule has 2 N–H and O–H groups in total. The molecule has 0 amide bonds. The Hall–Kier alpha value is -2.78. The number of halogens is 1. The first-order valence-electron chi connectivity index (χ1n) is 23.3. The van der Waals surface area contributed by atoms with E-state index in [0.717, 1.165) is 53.6 Å². The smallest absolute Gasteiger partial charge is 0.309 e. The molecule has 2 aromatic rings. The van der Waals surface area contributed by atoms with E-state index in [9.17, 15) is 36.0 Å². The molecule has 8 rings (SSSR count). The second-order valence-electron chi connectivity index (χ2n) is 17.8. The van der Waals surface area contributed by atoms with E-state index in [2.05, 4.69) is 0 Å². The molecule has 18 heteroatoms. The molecule has 0 spiro atoms. The molecule has 362 valence electrons. The van der Waals surface area contributed by atoms with Gasteiger partial charge in [-0.3, -0.25) is 22.7 Å². The summed E-state index contributed by atoms with van der Waals surface area (Å²) in [6.07, 6.45) is 13.9. The van der Waals surface area contributed by atoms with Gasteiger partial charge in [-0.2, -0.15) is 0 Å². The van der Waals surface area contributed by atoms with E-state index >= 15 is 0 Å². The van der Waals surface area contributed by atoms with Gasteiger partial charge >= 0.3 is 17.9 Å². The molecule has 4 aliphatic carbocycles. The summed E-state index contributed by atoms with van der Waals surface area (Å²) >= 11 is 1.29. The van der Waals surface area contributed by atoms with Crippen molar-refractivity contribution in [2.45, 2.75) is 149 Å². The fourth-order valence-corrected chi connectivity index (χ4v) is 15.1. The summed E-state index contributed by atoms with van der Waals surface area (Å²) in [5, 5.41) is 8.72. The minimum Gasteiger partial charge on any atom is -0.481 e. The zero-order valence-corrected chi connectivity index (χ0v) is 42.2. The van der Waals surface area contributed by atoms with E-state index in [4.69, 9.17) is 18.1 Å². The maximum absolute atomic E-state index is 12.4. The highest BCUT2D eigenvalue weighted by atomic mass is 127. The van der Waals surface area contributed by atoms with E-state index in [-0.39, 0.29) is 72.9 Å². The predicted molar refractivity (Wildman–Crippen MR) is 260 cm³/mol. The summed E-state index contributed by atoms with van der Waals surface area (Å²) in [6, 6.07) is 19.3. The van der Waals surface area contributed by atoms with Crippen LogP contribution < -0.4 is 0 Å². The number of rotatable bonds is 13. The predicted octanol–water partition coefficient (Wildman–Crippen LogP) is 8.83. The number of ether oxygens (including phenoxy) is 2. The lowest BCUT2D eigenvalue weighted by Crippen LogP contribution is -2.47. The van der Waals surface area contributed by atoms with Gasteiger partial charge in [0.1, 0.15) is 13.2 Å². The van der Waals surface area contributed by atoms with Crippen LogP contribution in [0.5, 0.6) is 0 Å². The van der Waals surface area contributed by atoms with Crippen molar-refractivity contribution in [3.05, 3.63) is 71.8 Å². The summed E-state index contributed by atoms with van der Waals surface area (Å²) in [7, 11) is -6.28. The van der Waals surface area contributed by atoms with Crippen LogP contribution in [-0.4, -0.2) is 99.4 Å². The number of carboxylic acids is 1. The molecule has 0 bridgehead atoms. The zero-order valence-electron chi connectivity index (χ0n) is 37.6. The monoisotopic (exact) mass is 1070 g/mol. The maximum atomic E-state index is 12.4. The van der Waals surface area contributed by atoms with Crippen LogP contribution in [0.25, 0.3) is 0 Å². The molecule has 14 nitrogen and oxygen atoms in total. The Balaban J connectivity index is 0.000000174. The molecule has 65 heavy (non-hydrogen) atoms. The van der Waals surface area contributed by atoms with Crippen LogP contribution in [0.15, 0.2) is 60.7 Å². The number of carboxylic acid groups (broad SMARTS) is 1. The first-order valence-corrected chi connectivity index (χ1v) is 29.5. The molecular formula is C47H68IN3O11S3. The Labute approximate surface area is 400 Å². The number of thioether (sulfide) groups is 1. The molecule has 0 radical (unpaired) electrons. The van der Waals surface area contributed by atoms with E-state index in [1.807, 2.05) is 60.7 Å². The van der Waals surface area contributed by atoms with Crippen molar-refractivity contribution in [2.75, 3.05) is 26.2 Å². The summed E-state index contributed by atoms with van der Waals surface area (Å²) in [5.74, 6) is -1.60. The molecule has 4 saturated carbocycles.